The van der Waals surface area contributed by atoms with Crippen LogP contribution in [0.3, 0.4) is 0 Å². The van der Waals surface area contributed by atoms with Crippen LogP contribution in [0.5, 0.6) is 0 Å². The van der Waals surface area contributed by atoms with E-state index < -0.39 is 12.1 Å². The lowest BCUT2D eigenvalue weighted by atomic mass is 10.8. The molecule has 0 saturated heterocycles. The average Bonchev–Trinajstić information content (AvgIpc) is 1.87. The molecule has 5 nitrogen and oxygen atoms in total. The third-order valence-corrected chi connectivity index (χ3v) is 0.656. The normalized spacial score (nSPS) is 8.20. The van der Waals surface area contributed by atoms with Crippen molar-refractivity contribution in [2.75, 3.05) is 13.8 Å². The van der Waals surface area contributed by atoms with Crippen LogP contribution in [0.1, 0.15) is 6.92 Å². The molecule has 0 radical (unpaired) electrons. The highest BCUT2D eigenvalue weighted by Crippen LogP contribution is 1.79. The summed E-state index contributed by atoms with van der Waals surface area (Å²) in [5.41, 5.74) is 0. The number of carbonyl (C=O) groups is 2. The van der Waals surface area contributed by atoms with Crippen molar-refractivity contribution >= 4 is 12.1 Å². The SMILES string of the molecule is CNC(=O)OCOC(C)=O. The second-order valence-electron chi connectivity index (χ2n) is 1.44. The Morgan fingerprint density at radius 2 is 2.00 bits per heavy atom. The van der Waals surface area contributed by atoms with E-state index in [1.54, 1.807) is 0 Å². The van der Waals surface area contributed by atoms with Crippen LogP contribution in [0.25, 0.3) is 0 Å². The van der Waals surface area contributed by atoms with Crippen LogP contribution in [0.2, 0.25) is 0 Å². The number of hydrogen-bond donors (Lipinski definition) is 1. The average molecular weight is 147 g/mol. The molecular weight excluding hydrogens is 138 g/mol. The zero-order valence-corrected chi connectivity index (χ0v) is 5.84. The first-order chi connectivity index (χ1) is 4.66. The fraction of sp³-hybridized carbons (Fsp3) is 0.600. The van der Waals surface area contributed by atoms with Crippen molar-refractivity contribution in [1.29, 1.82) is 0 Å². The summed E-state index contributed by atoms with van der Waals surface area (Å²) in [6, 6.07) is 0. The molecule has 0 unspecified atom stereocenters. The molecule has 58 valence electrons. The molecule has 0 rings (SSSR count). The van der Waals surface area contributed by atoms with Crippen molar-refractivity contribution in [3.05, 3.63) is 0 Å². The molecular formula is C5H9NO4. The Morgan fingerprint density at radius 1 is 1.40 bits per heavy atom. The molecule has 0 fully saturated rings. The number of carbonyl (C=O) groups excluding carboxylic acids is 2. The largest absolute Gasteiger partial charge is 0.428 e. The van der Waals surface area contributed by atoms with Crippen LogP contribution in [-0.4, -0.2) is 25.9 Å². The van der Waals surface area contributed by atoms with Crippen molar-refractivity contribution in [3.63, 3.8) is 0 Å². The maximum Gasteiger partial charge on any atom is 0.409 e. The second-order valence-corrected chi connectivity index (χ2v) is 1.44. The summed E-state index contributed by atoms with van der Waals surface area (Å²) in [5.74, 6) is -0.482. The molecule has 0 bridgehead atoms. The molecule has 1 N–H and O–H groups in total. The number of amides is 1. The Balaban J connectivity index is 3.20. The highest BCUT2D eigenvalue weighted by atomic mass is 16.7. The van der Waals surface area contributed by atoms with Crippen LogP contribution in [0, 0.1) is 0 Å². The van der Waals surface area contributed by atoms with E-state index in [4.69, 9.17) is 0 Å². The van der Waals surface area contributed by atoms with E-state index in [9.17, 15) is 9.59 Å². The van der Waals surface area contributed by atoms with Gasteiger partial charge in [-0.05, 0) is 0 Å². The van der Waals surface area contributed by atoms with E-state index in [0.717, 1.165) is 0 Å². The summed E-state index contributed by atoms with van der Waals surface area (Å²) in [6.07, 6.45) is -0.624. The highest BCUT2D eigenvalue weighted by molar-refractivity contribution is 5.67. The second kappa shape index (κ2) is 4.60. The van der Waals surface area contributed by atoms with E-state index >= 15 is 0 Å². The minimum Gasteiger partial charge on any atom is -0.428 e. The van der Waals surface area contributed by atoms with Gasteiger partial charge >= 0.3 is 12.1 Å². The van der Waals surface area contributed by atoms with Gasteiger partial charge in [-0.1, -0.05) is 0 Å². The van der Waals surface area contributed by atoms with Crippen LogP contribution < -0.4 is 5.32 Å². The summed E-state index contributed by atoms with van der Waals surface area (Å²) in [7, 11) is 1.41. The van der Waals surface area contributed by atoms with Gasteiger partial charge in [0.1, 0.15) is 0 Å². The lowest BCUT2D eigenvalue weighted by Crippen LogP contribution is -2.21. The molecule has 0 atom stereocenters. The molecule has 1 amide bonds. The molecule has 0 heterocycles. The van der Waals surface area contributed by atoms with Gasteiger partial charge in [-0.3, -0.25) is 4.79 Å². The molecule has 0 spiro atoms. The fourth-order valence-electron chi connectivity index (χ4n) is 0.238. The minimum atomic E-state index is -0.624. The summed E-state index contributed by atoms with van der Waals surface area (Å²) in [5, 5.41) is 2.19. The Kier molecular flexibility index (Phi) is 4.02. The summed E-state index contributed by atoms with van der Waals surface area (Å²) >= 11 is 0. The number of ether oxygens (including phenoxy) is 2. The third-order valence-electron chi connectivity index (χ3n) is 0.656. The summed E-state index contributed by atoms with van der Waals surface area (Å²) in [4.78, 5) is 20.3. The summed E-state index contributed by atoms with van der Waals surface area (Å²) in [6.45, 7) is 0.891. The molecule has 10 heavy (non-hydrogen) atoms. The lowest BCUT2D eigenvalue weighted by Gasteiger charge is -2.01. The van der Waals surface area contributed by atoms with Crippen LogP contribution >= 0.6 is 0 Å². The van der Waals surface area contributed by atoms with Gasteiger partial charge in [-0.15, -0.1) is 0 Å². The van der Waals surface area contributed by atoms with E-state index in [0.29, 0.717) is 0 Å². The lowest BCUT2D eigenvalue weighted by molar-refractivity contribution is -0.149. The van der Waals surface area contributed by atoms with E-state index in [1.165, 1.54) is 14.0 Å². The fourth-order valence-corrected chi connectivity index (χ4v) is 0.238. The molecule has 0 aromatic heterocycles. The van der Waals surface area contributed by atoms with Gasteiger partial charge in [0.25, 0.3) is 0 Å². The first-order valence-corrected chi connectivity index (χ1v) is 2.64. The zero-order chi connectivity index (χ0) is 7.98. The Morgan fingerprint density at radius 3 is 2.40 bits per heavy atom. The Bertz CT molecular complexity index is 134. The third kappa shape index (κ3) is 4.89. The molecule has 0 aliphatic carbocycles. The standard InChI is InChI=1S/C5H9NO4/c1-4(7)9-3-10-5(8)6-2/h3H2,1-2H3,(H,6,8). The molecule has 0 aromatic carbocycles. The van der Waals surface area contributed by atoms with Crippen molar-refractivity contribution in [3.8, 4) is 0 Å². The van der Waals surface area contributed by atoms with Gasteiger partial charge in [0, 0.05) is 14.0 Å². The molecule has 0 aromatic rings. The van der Waals surface area contributed by atoms with Gasteiger partial charge < -0.3 is 14.8 Å². The Hall–Kier alpha value is -1.26. The number of hydrogen-bond acceptors (Lipinski definition) is 4. The van der Waals surface area contributed by atoms with Crippen LogP contribution in [-0.2, 0) is 14.3 Å². The van der Waals surface area contributed by atoms with Gasteiger partial charge in [0.15, 0.2) is 0 Å². The maximum absolute atomic E-state index is 10.3. The number of esters is 1. The van der Waals surface area contributed by atoms with Crippen LogP contribution in [0.4, 0.5) is 4.79 Å². The van der Waals surface area contributed by atoms with E-state index in [2.05, 4.69) is 14.8 Å². The molecule has 0 aliphatic heterocycles. The summed E-state index contributed by atoms with van der Waals surface area (Å²) < 4.78 is 8.60. The van der Waals surface area contributed by atoms with Crippen molar-refractivity contribution in [2.45, 2.75) is 6.92 Å². The van der Waals surface area contributed by atoms with Gasteiger partial charge in [0.2, 0.25) is 6.79 Å². The number of nitrogens with one attached hydrogen (secondary N) is 1. The number of alkyl carbamates (subject to hydrolysis) is 1. The molecule has 0 saturated carbocycles. The number of rotatable bonds is 2. The smallest absolute Gasteiger partial charge is 0.409 e. The van der Waals surface area contributed by atoms with E-state index in [-0.39, 0.29) is 6.79 Å². The Labute approximate surface area is 58.3 Å². The monoisotopic (exact) mass is 147 g/mol. The first kappa shape index (κ1) is 8.74. The van der Waals surface area contributed by atoms with Crippen molar-refractivity contribution in [2.24, 2.45) is 0 Å². The highest BCUT2D eigenvalue weighted by Gasteiger charge is 1.97. The maximum atomic E-state index is 10.3. The molecule has 5 heteroatoms. The predicted octanol–water partition coefficient (Wildman–Crippen LogP) is -0.137. The van der Waals surface area contributed by atoms with Crippen LogP contribution in [0.15, 0.2) is 0 Å². The predicted molar refractivity (Wildman–Crippen MR) is 32.2 cm³/mol. The van der Waals surface area contributed by atoms with Gasteiger partial charge in [-0.2, -0.15) is 0 Å². The first-order valence-electron chi connectivity index (χ1n) is 2.64. The zero-order valence-electron chi connectivity index (χ0n) is 5.84. The minimum absolute atomic E-state index is 0.338. The topological polar surface area (TPSA) is 64.6 Å². The molecule has 0 aliphatic rings. The quantitative estimate of drug-likeness (QED) is 0.436. The van der Waals surface area contributed by atoms with E-state index in [1.807, 2.05) is 0 Å². The van der Waals surface area contributed by atoms with Gasteiger partial charge in [-0.25, -0.2) is 4.79 Å². The van der Waals surface area contributed by atoms with Crippen molar-refractivity contribution in [1.82, 2.24) is 5.32 Å². The van der Waals surface area contributed by atoms with Crippen molar-refractivity contribution < 1.29 is 19.1 Å². The van der Waals surface area contributed by atoms with Gasteiger partial charge in [0.05, 0.1) is 0 Å².